The highest BCUT2D eigenvalue weighted by Gasteiger charge is 2.35. The van der Waals surface area contributed by atoms with Gasteiger partial charge >= 0.3 is 12.1 Å². The maximum absolute atomic E-state index is 13.0. The molecule has 0 bridgehead atoms. The van der Waals surface area contributed by atoms with E-state index in [1.54, 1.807) is 4.90 Å². The van der Waals surface area contributed by atoms with Gasteiger partial charge in [0.05, 0.1) is 5.92 Å². The van der Waals surface area contributed by atoms with Crippen molar-refractivity contribution in [3.8, 4) is 11.1 Å². The molecular formula is C26H30N2O5. The van der Waals surface area contributed by atoms with E-state index >= 15 is 0 Å². The molecule has 0 unspecified atom stereocenters. The van der Waals surface area contributed by atoms with Crippen LogP contribution >= 0.6 is 0 Å². The molecule has 7 heteroatoms. The number of aliphatic carboxylic acids is 1. The van der Waals surface area contributed by atoms with Gasteiger partial charge in [-0.3, -0.25) is 9.59 Å². The molecule has 1 fully saturated rings. The monoisotopic (exact) mass is 450 g/mol. The molecule has 2 aromatic carbocycles. The fourth-order valence-electron chi connectivity index (χ4n) is 5.04. The molecule has 0 saturated carbocycles. The third-order valence-corrected chi connectivity index (χ3v) is 6.85. The summed E-state index contributed by atoms with van der Waals surface area (Å²) in [5.74, 6) is -1.49. The van der Waals surface area contributed by atoms with Crippen molar-refractivity contribution in [3.05, 3.63) is 59.7 Å². The van der Waals surface area contributed by atoms with Crippen molar-refractivity contribution in [3.63, 3.8) is 0 Å². The number of carbonyl (C=O) groups is 3. The molecule has 4 rings (SSSR count). The van der Waals surface area contributed by atoms with Gasteiger partial charge in [-0.15, -0.1) is 0 Å². The lowest BCUT2D eigenvalue weighted by atomic mass is 9.91. The standard InChI is InChI=1S/C26H30N2O5/c1-3-23(24(29)28-13-12-17(25(30)31)14-16(28)2)27-26(32)33-15-22-20-10-6-4-8-18(20)19-9-5-7-11-21(19)22/h4-11,16-17,22-23H,3,12-15H2,1-2H3,(H,27,32)(H,30,31)/t16-,17-,23-/m1/s1. The summed E-state index contributed by atoms with van der Waals surface area (Å²) in [6.07, 6.45) is 0.647. The first-order valence-corrected chi connectivity index (χ1v) is 11.6. The van der Waals surface area contributed by atoms with Gasteiger partial charge in [-0.1, -0.05) is 55.5 Å². The number of ether oxygens (including phenoxy) is 1. The van der Waals surface area contributed by atoms with E-state index in [0.29, 0.717) is 25.8 Å². The molecule has 2 N–H and O–H groups in total. The van der Waals surface area contributed by atoms with E-state index < -0.39 is 24.0 Å². The Bertz CT molecular complexity index is 1010. The Labute approximate surface area is 193 Å². The topological polar surface area (TPSA) is 95.9 Å². The Kier molecular flexibility index (Phi) is 6.67. The van der Waals surface area contributed by atoms with Gasteiger partial charge in [-0.05, 0) is 48.4 Å². The van der Waals surface area contributed by atoms with Gasteiger partial charge < -0.3 is 20.1 Å². The lowest BCUT2D eigenvalue weighted by Crippen LogP contribution is -2.54. The van der Waals surface area contributed by atoms with Gasteiger partial charge in [0.25, 0.3) is 0 Å². The second kappa shape index (κ2) is 9.65. The highest BCUT2D eigenvalue weighted by molar-refractivity contribution is 5.86. The smallest absolute Gasteiger partial charge is 0.407 e. The zero-order valence-electron chi connectivity index (χ0n) is 19.0. The summed E-state index contributed by atoms with van der Waals surface area (Å²) in [6, 6.07) is 15.4. The number of piperidine rings is 1. The van der Waals surface area contributed by atoms with Crippen molar-refractivity contribution in [2.45, 2.75) is 51.1 Å². The second-order valence-electron chi connectivity index (χ2n) is 8.87. The van der Waals surface area contributed by atoms with Crippen LogP contribution in [0.3, 0.4) is 0 Å². The van der Waals surface area contributed by atoms with Crippen LogP contribution in [0.2, 0.25) is 0 Å². The van der Waals surface area contributed by atoms with Crippen molar-refractivity contribution in [1.29, 1.82) is 0 Å². The maximum Gasteiger partial charge on any atom is 0.407 e. The minimum atomic E-state index is -0.822. The Morgan fingerprint density at radius 1 is 1.09 bits per heavy atom. The predicted molar refractivity (Wildman–Crippen MR) is 124 cm³/mol. The summed E-state index contributed by atoms with van der Waals surface area (Å²) >= 11 is 0. The summed E-state index contributed by atoms with van der Waals surface area (Å²) < 4.78 is 5.59. The Hall–Kier alpha value is -3.35. The van der Waals surface area contributed by atoms with Crippen molar-refractivity contribution < 1.29 is 24.2 Å². The molecule has 3 atom stereocenters. The average Bonchev–Trinajstić information content (AvgIpc) is 3.14. The quantitative estimate of drug-likeness (QED) is 0.693. The zero-order chi connectivity index (χ0) is 23.5. The van der Waals surface area contributed by atoms with Gasteiger partial charge in [-0.25, -0.2) is 4.79 Å². The van der Waals surface area contributed by atoms with E-state index in [-0.39, 0.29) is 24.5 Å². The lowest BCUT2D eigenvalue weighted by Gasteiger charge is -2.38. The van der Waals surface area contributed by atoms with Crippen LogP contribution in [0.4, 0.5) is 4.79 Å². The molecule has 0 aromatic heterocycles. The molecule has 2 aromatic rings. The fourth-order valence-corrected chi connectivity index (χ4v) is 5.04. The van der Waals surface area contributed by atoms with E-state index in [1.807, 2.05) is 38.1 Å². The summed E-state index contributed by atoms with van der Waals surface area (Å²) in [7, 11) is 0. The SMILES string of the molecule is CC[C@@H](NC(=O)OCC1c2ccccc2-c2ccccc21)C(=O)N1CC[C@@H](C(=O)O)C[C@H]1C. The van der Waals surface area contributed by atoms with Crippen molar-refractivity contribution in [1.82, 2.24) is 10.2 Å². The Morgan fingerprint density at radius 2 is 1.70 bits per heavy atom. The molecule has 1 heterocycles. The summed E-state index contributed by atoms with van der Waals surface area (Å²) in [5, 5.41) is 12.0. The van der Waals surface area contributed by atoms with Crippen molar-refractivity contribution in [2.75, 3.05) is 13.2 Å². The number of hydrogen-bond donors (Lipinski definition) is 2. The van der Waals surface area contributed by atoms with Gasteiger partial charge in [0.15, 0.2) is 0 Å². The van der Waals surface area contributed by atoms with E-state index in [1.165, 1.54) is 0 Å². The molecular weight excluding hydrogens is 420 g/mol. The molecule has 2 aliphatic rings. The molecule has 1 saturated heterocycles. The minimum absolute atomic E-state index is 0.0472. The average molecular weight is 451 g/mol. The van der Waals surface area contributed by atoms with E-state index in [4.69, 9.17) is 4.74 Å². The van der Waals surface area contributed by atoms with Crippen LogP contribution in [0.15, 0.2) is 48.5 Å². The summed E-state index contributed by atoms with van der Waals surface area (Å²) in [5.41, 5.74) is 4.57. The number of carboxylic acids is 1. The van der Waals surface area contributed by atoms with Crippen LogP contribution in [-0.2, 0) is 14.3 Å². The van der Waals surface area contributed by atoms with E-state index in [2.05, 4.69) is 29.6 Å². The first-order valence-electron chi connectivity index (χ1n) is 11.6. The molecule has 33 heavy (non-hydrogen) atoms. The zero-order valence-corrected chi connectivity index (χ0v) is 19.0. The van der Waals surface area contributed by atoms with Gasteiger partial charge in [-0.2, -0.15) is 0 Å². The molecule has 0 radical (unpaired) electrons. The number of hydrogen-bond acceptors (Lipinski definition) is 4. The normalized spacial score (nSPS) is 20.5. The van der Waals surface area contributed by atoms with E-state index in [9.17, 15) is 19.5 Å². The highest BCUT2D eigenvalue weighted by Crippen LogP contribution is 2.44. The van der Waals surface area contributed by atoms with Gasteiger partial charge in [0.1, 0.15) is 12.6 Å². The second-order valence-corrected chi connectivity index (χ2v) is 8.87. The Balaban J connectivity index is 1.37. The van der Waals surface area contributed by atoms with Gasteiger partial charge in [0, 0.05) is 18.5 Å². The first-order chi connectivity index (χ1) is 15.9. The molecule has 1 aliphatic heterocycles. The number of fused-ring (bicyclic) bond motifs is 3. The van der Waals surface area contributed by atoms with Crippen molar-refractivity contribution in [2.24, 2.45) is 5.92 Å². The van der Waals surface area contributed by atoms with E-state index in [0.717, 1.165) is 22.3 Å². The van der Waals surface area contributed by atoms with Crippen LogP contribution in [0.25, 0.3) is 11.1 Å². The summed E-state index contributed by atoms with van der Waals surface area (Å²) in [4.78, 5) is 38.6. The number of carboxylic acid groups (broad SMARTS) is 1. The molecule has 0 spiro atoms. The van der Waals surface area contributed by atoms with Crippen LogP contribution in [0, 0.1) is 5.92 Å². The Morgan fingerprint density at radius 3 is 2.24 bits per heavy atom. The highest BCUT2D eigenvalue weighted by atomic mass is 16.5. The number of amides is 2. The van der Waals surface area contributed by atoms with Gasteiger partial charge in [0.2, 0.25) is 5.91 Å². The molecule has 174 valence electrons. The largest absolute Gasteiger partial charge is 0.481 e. The number of likely N-dealkylation sites (tertiary alicyclic amines) is 1. The van der Waals surface area contributed by atoms with Crippen LogP contribution in [-0.4, -0.2) is 53.2 Å². The molecule has 7 nitrogen and oxygen atoms in total. The number of benzene rings is 2. The number of nitrogens with one attached hydrogen (secondary N) is 1. The number of carbonyl (C=O) groups excluding carboxylic acids is 2. The lowest BCUT2D eigenvalue weighted by molar-refractivity contribution is -0.148. The van der Waals surface area contributed by atoms with Crippen LogP contribution < -0.4 is 5.32 Å². The van der Waals surface area contributed by atoms with Crippen molar-refractivity contribution >= 4 is 18.0 Å². The number of nitrogens with zero attached hydrogens (tertiary/aromatic N) is 1. The predicted octanol–water partition coefficient (Wildman–Crippen LogP) is 4.02. The minimum Gasteiger partial charge on any atom is -0.481 e. The molecule has 2 amide bonds. The summed E-state index contributed by atoms with van der Waals surface area (Å²) in [6.45, 7) is 4.25. The molecule has 1 aliphatic carbocycles. The number of alkyl carbamates (subject to hydrolysis) is 1. The fraction of sp³-hybridized carbons (Fsp3) is 0.423. The third kappa shape index (κ3) is 4.58. The van der Waals surface area contributed by atoms with Crippen LogP contribution in [0.5, 0.6) is 0 Å². The third-order valence-electron chi connectivity index (χ3n) is 6.85. The maximum atomic E-state index is 13.0. The van der Waals surface area contributed by atoms with Crippen LogP contribution in [0.1, 0.15) is 50.2 Å². The first kappa shape index (κ1) is 22.8. The number of rotatable bonds is 6.